The molecule has 0 aromatic heterocycles. The van der Waals surface area contributed by atoms with Crippen molar-refractivity contribution in [3.8, 4) is 11.1 Å². The summed E-state index contributed by atoms with van der Waals surface area (Å²) in [5, 5.41) is 15.1. The highest BCUT2D eigenvalue weighted by Crippen LogP contribution is 2.28. The van der Waals surface area contributed by atoms with E-state index in [1.54, 1.807) is 37.4 Å². The van der Waals surface area contributed by atoms with Gasteiger partial charge in [0.15, 0.2) is 0 Å². The van der Waals surface area contributed by atoms with E-state index in [9.17, 15) is 19.1 Å². The molecule has 0 radical (unpaired) electrons. The van der Waals surface area contributed by atoms with Crippen LogP contribution in [0.1, 0.15) is 34.0 Å². The van der Waals surface area contributed by atoms with E-state index in [1.807, 2.05) is 19.1 Å². The van der Waals surface area contributed by atoms with Crippen LogP contribution >= 0.6 is 0 Å². The highest BCUT2D eigenvalue weighted by molar-refractivity contribution is 6.06. The lowest BCUT2D eigenvalue weighted by Gasteiger charge is -2.14. The highest BCUT2D eigenvalue weighted by Gasteiger charge is 2.15. The fourth-order valence-electron chi connectivity index (χ4n) is 3.50. The second-order valence-corrected chi connectivity index (χ2v) is 7.47. The number of carbonyl (C=O) groups excluding carboxylic acids is 1. The van der Waals surface area contributed by atoms with Crippen molar-refractivity contribution in [2.45, 2.75) is 26.3 Å². The van der Waals surface area contributed by atoms with Gasteiger partial charge in [-0.05, 0) is 76.7 Å². The Kier molecular flexibility index (Phi) is 7.22. The summed E-state index contributed by atoms with van der Waals surface area (Å²) in [6.45, 7) is 2.18. The number of rotatable bonds is 8. The molecule has 0 heterocycles. The molecular weight excluding hydrogens is 409 g/mol. The molecule has 0 fully saturated rings. The molecule has 0 bridgehead atoms. The van der Waals surface area contributed by atoms with Crippen molar-refractivity contribution in [3.63, 3.8) is 0 Å². The van der Waals surface area contributed by atoms with Crippen LogP contribution in [0.2, 0.25) is 0 Å². The van der Waals surface area contributed by atoms with Crippen LogP contribution in [-0.2, 0) is 24.2 Å². The molecule has 0 spiro atoms. The number of carbonyl (C=O) groups is 2. The number of halogens is 1. The third-order valence-corrected chi connectivity index (χ3v) is 5.18. The van der Waals surface area contributed by atoms with Gasteiger partial charge in [0.05, 0.1) is 6.42 Å². The quantitative estimate of drug-likeness (QED) is 0.419. The molecule has 3 aromatic rings. The van der Waals surface area contributed by atoms with Crippen LogP contribution in [0.25, 0.3) is 11.1 Å². The van der Waals surface area contributed by atoms with Crippen molar-refractivity contribution in [2.75, 3.05) is 17.7 Å². The average Bonchev–Trinajstić information content (AvgIpc) is 2.78. The molecule has 0 aliphatic heterocycles. The van der Waals surface area contributed by atoms with Crippen LogP contribution in [0.15, 0.2) is 54.6 Å². The van der Waals surface area contributed by atoms with Crippen LogP contribution in [0.4, 0.5) is 15.8 Å². The molecule has 0 unspecified atom stereocenters. The molecule has 1 amide bonds. The molecular formula is C25H26FN3O3. The Morgan fingerprint density at radius 1 is 1.00 bits per heavy atom. The fourth-order valence-corrected chi connectivity index (χ4v) is 3.50. The monoisotopic (exact) mass is 435 g/mol. The number of anilines is 2. The zero-order valence-corrected chi connectivity index (χ0v) is 18.0. The number of aliphatic carboxylic acids is 1. The van der Waals surface area contributed by atoms with Crippen molar-refractivity contribution >= 4 is 23.3 Å². The maximum atomic E-state index is 14.0. The van der Waals surface area contributed by atoms with E-state index in [-0.39, 0.29) is 13.0 Å². The molecule has 0 atom stereocenters. The van der Waals surface area contributed by atoms with Crippen molar-refractivity contribution in [1.29, 1.82) is 0 Å². The summed E-state index contributed by atoms with van der Waals surface area (Å²) >= 11 is 0. The van der Waals surface area contributed by atoms with Crippen molar-refractivity contribution in [2.24, 2.45) is 5.73 Å². The molecule has 32 heavy (non-hydrogen) atoms. The summed E-state index contributed by atoms with van der Waals surface area (Å²) in [5.41, 5.74) is 10.6. The standard InChI is InChI=1S/C25H26FN3O3/c1-3-15-4-5-23(19(6-15)13-24(30)31)29-25(32)20-9-18(11-22(12-20)28-2)17-7-16(14-27)8-21(26)10-17/h4-12,28H,3,13-14,27H2,1-2H3,(H,29,32)(H,30,31). The van der Waals surface area contributed by atoms with Gasteiger partial charge in [0.2, 0.25) is 0 Å². The van der Waals surface area contributed by atoms with Crippen molar-refractivity contribution in [1.82, 2.24) is 0 Å². The minimum absolute atomic E-state index is 0.198. The summed E-state index contributed by atoms with van der Waals surface area (Å²) in [5.74, 6) is -1.78. The van der Waals surface area contributed by atoms with Crippen molar-refractivity contribution in [3.05, 3.63) is 82.7 Å². The Morgan fingerprint density at radius 3 is 2.41 bits per heavy atom. The van der Waals surface area contributed by atoms with E-state index in [4.69, 9.17) is 5.73 Å². The first kappa shape index (κ1) is 23.0. The maximum Gasteiger partial charge on any atom is 0.307 e. The third kappa shape index (κ3) is 5.50. The molecule has 7 heteroatoms. The van der Waals surface area contributed by atoms with Crippen LogP contribution in [0.3, 0.4) is 0 Å². The lowest BCUT2D eigenvalue weighted by atomic mass is 9.99. The Labute approximate surface area is 186 Å². The van der Waals surface area contributed by atoms with Gasteiger partial charge in [0.25, 0.3) is 5.91 Å². The largest absolute Gasteiger partial charge is 0.481 e. The maximum absolute atomic E-state index is 14.0. The Balaban J connectivity index is 1.98. The molecule has 6 nitrogen and oxygen atoms in total. The van der Waals surface area contributed by atoms with Gasteiger partial charge in [0, 0.05) is 30.5 Å². The van der Waals surface area contributed by atoms with Crippen LogP contribution in [0.5, 0.6) is 0 Å². The predicted molar refractivity (Wildman–Crippen MR) is 124 cm³/mol. The van der Waals surface area contributed by atoms with Crippen molar-refractivity contribution < 1.29 is 19.1 Å². The third-order valence-electron chi connectivity index (χ3n) is 5.18. The summed E-state index contributed by atoms with van der Waals surface area (Å²) in [6.07, 6.45) is 0.559. The van der Waals surface area contributed by atoms with Crippen LogP contribution in [0, 0.1) is 5.82 Å². The number of hydrogen-bond donors (Lipinski definition) is 4. The number of nitrogens with one attached hydrogen (secondary N) is 2. The van der Waals surface area contributed by atoms with Gasteiger partial charge in [-0.15, -0.1) is 0 Å². The molecule has 0 aliphatic carbocycles. The van der Waals surface area contributed by atoms with Crippen LogP contribution < -0.4 is 16.4 Å². The van der Waals surface area contributed by atoms with E-state index in [1.165, 1.54) is 12.1 Å². The Bertz CT molecular complexity index is 1160. The normalized spacial score (nSPS) is 10.6. The van der Waals surface area contributed by atoms with Gasteiger partial charge in [-0.2, -0.15) is 0 Å². The molecule has 0 aliphatic rings. The van der Waals surface area contributed by atoms with Gasteiger partial charge >= 0.3 is 5.97 Å². The number of aryl methyl sites for hydroxylation is 1. The molecule has 5 N–H and O–H groups in total. The first-order chi connectivity index (χ1) is 15.3. The predicted octanol–water partition coefficient (Wildman–Crippen LogP) is 4.43. The molecule has 0 saturated heterocycles. The fraction of sp³-hybridized carbons (Fsp3) is 0.200. The molecule has 3 aromatic carbocycles. The number of carboxylic acid groups (broad SMARTS) is 1. The Morgan fingerprint density at radius 2 is 1.75 bits per heavy atom. The topological polar surface area (TPSA) is 104 Å². The second kappa shape index (κ2) is 10.1. The Hall–Kier alpha value is -3.71. The van der Waals surface area contributed by atoms with Crippen LogP contribution in [-0.4, -0.2) is 24.0 Å². The first-order valence-corrected chi connectivity index (χ1v) is 10.3. The van der Waals surface area contributed by atoms with Gasteiger partial charge < -0.3 is 21.5 Å². The van der Waals surface area contributed by atoms with Gasteiger partial charge in [-0.1, -0.05) is 19.1 Å². The van der Waals surface area contributed by atoms with E-state index < -0.39 is 17.7 Å². The van der Waals surface area contributed by atoms with E-state index >= 15 is 0 Å². The summed E-state index contributed by atoms with van der Waals surface area (Å²) in [7, 11) is 1.73. The van der Waals surface area contributed by atoms with E-state index in [0.29, 0.717) is 39.2 Å². The van der Waals surface area contributed by atoms with Gasteiger partial charge in [-0.25, -0.2) is 4.39 Å². The SMILES string of the molecule is CCc1ccc(NC(=O)c2cc(NC)cc(-c3cc(F)cc(CN)c3)c2)c(CC(=O)O)c1. The minimum atomic E-state index is -0.977. The number of amides is 1. The summed E-state index contributed by atoms with van der Waals surface area (Å²) < 4.78 is 14.0. The van der Waals surface area contributed by atoms with E-state index in [0.717, 1.165) is 12.0 Å². The lowest BCUT2D eigenvalue weighted by molar-refractivity contribution is -0.136. The van der Waals surface area contributed by atoms with E-state index in [2.05, 4.69) is 10.6 Å². The highest BCUT2D eigenvalue weighted by atomic mass is 19.1. The number of benzene rings is 3. The summed E-state index contributed by atoms with van der Waals surface area (Å²) in [4.78, 5) is 24.3. The molecule has 0 saturated carbocycles. The zero-order valence-electron chi connectivity index (χ0n) is 18.0. The second-order valence-electron chi connectivity index (χ2n) is 7.47. The number of hydrogen-bond acceptors (Lipinski definition) is 4. The average molecular weight is 435 g/mol. The first-order valence-electron chi connectivity index (χ1n) is 10.3. The molecule has 166 valence electrons. The number of carboxylic acids is 1. The summed E-state index contributed by atoms with van der Waals surface area (Å²) in [6, 6.07) is 15.1. The lowest BCUT2D eigenvalue weighted by Crippen LogP contribution is -2.15. The van der Waals surface area contributed by atoms with Gasteiger partial charge in [0.1, 0.15) is 5.82 Å². The minimum Gasteiger partial charge on any atom is -0.481 e. The number of nitrogens with two attached hydrogens (primary N) is 1. The smallest absolute Gasteiger partial charge is 0.307 e. The van der Waals surface area contributed by atoms with Gasteiger partial charge in [-0.3, -0.25) is 9.59 Å². The molecule has 3 rings (SSSR count). The zero-order chi connectivity index (χ0) is 23.3.